The molecule has 1 aromatic heterocycles. The first-order chi connectivity index (χ1) is 19.7. The molecule has 2 heterocycles. The van der Waals surface area contributed by atoms with E-state index in [0.717, 1.165) is 33.6 Å². The lowest BCUT2D eigenvalue weighted by molar-refractivity contribution is -0.384. The van der Waals surface area contributed by atoms with Gasteiger partial charge in [0.05, 0.1) is 9.82 Å². The Kier molecular flexibility index (Phi) is 8.04. The van der Waals surface area contributed by atoms with Gasteiger partial charge in [-0.25, -0.2) is 0 Å². The molecular weight excluding hydrogens is 709 g/mol. The Morgan fingerprint density at radius 3 is 2.31 bits per heavy atom. The molecule has 13 heteroatoms. The fourth-order valence-corrected chi connectivity index (χ4v) is 10.3. The number of hydrogen-bond donors (Lipinski definition) is 0. The van der Waals surface area contributed by atoms with Crippen molar-refractivity contribution < 1.29 is 22.3 Å². The van der Waals surface area contributed by atoms with Gasteiger partial charge in [0.1, 0.15) is 11.5 Å². The molecule has 1 aliphatic heterocycles. The summed E-state index contributed by atoms with van der Waals surface area (Å²) in [6.07, 6.45) is 0. The number of allylic oxidation sites excluding steroid dienone is 1. The minimum absolute atomic E-state index is 0.206. The SMILES string of the molecule is Cc1ccc(P(C=C2N(C)c3ccccc3C2(C)C)(=NS(=O)(=O)c2ccc([N+](=O)[O-])cc2)Oc2ccc(Br)c(Br)c2)o1. The van der Waals surface area contributed by atoms with Crippen LogP contribution in [0.2, 0.25) is 0 Å². The van der Waals surface area contributed by atoms with Crippen molar-refractivity contribution >= 4 is 66.0 Å². The Labute approximate surface area is 260 Å². The van der Waals surface area contributed by atoms with Crippen molar-refractivity contribution in [3.8, 4) is 5.75 Å². The summed E-state index contributed by atoms with van der Waals surface area (Å²) in [5.41, 5.74) is 2.31. The molecule has 1 atom stereocenters. The smallest absolute Gasteiger partial charge is 0.284 e. The lowest BCUT2D eigenvalue weighted by atomic mass is 9.84. The van der Waals surface area contributed by atoms with Crippen molar-refractivity contribution in [2.75, 3.05) is 11.9 Å². The molecule has 0 N–H and O–H groups in total. The number of nitro groups is 1. The van der Waals surface area contributed by atoms with Crippen LogP contribution in [0.5, 0.6) is 5.75 Å². The van der Waals surface area contributed by atoms with Crippen LogP contribution in [0.3, 0.4) is 0 Å². The molecule has 0 aliphatic carbocycles. The van der Waals surface area contributed by atoms with Gasteiger partial charge in [-0.05, 0) is 92.9 Å². The number of aryl methyl sites for hydroxylation is 1. The Balaban J connectivity index is 1.83. The number of nitro benzene ring substituents is 1. The van der Waals surface area contributed by atoms with E-state index in [-0.39, 0.29) is 16.1 Å². The van der Waals surface area contributed by atoms with Crippen LogP contribution in [0.25, 0.3) is 0 Å². The number of halogens is 2. The zero-order chi connectivity index (χ0) is 30.4. The molecule has 0 saturated heterocycles. The minimum atomic E-state index is -4.42. The topological polar surface area (TPSA) is 115 Å². The van der Waals surface area contributed by atoms with E-state index >= 15 is 0 Å². The number of likely N-dealkylation sites (N-methyl/N-ethyl adjacent to an activating group) is 1. The van der Waals surface area contributed by atoms with Gasteiger partial charge >= 0.3 is 0 Å². The highest BCUT2D eigenvalue weighted by molar-refractivity contribution is 9.13. The van der Waals surface area contributed by atoms with Crippen molar-refractivity contribution in [3.05, 3.63) is 121 Å². The number of anilines is 1. The molecule has 42 heavy (non-hydrogen) atoms. The Morgan fingerprint density at radius 1 is 1.02 bits per heavy atom. The molecule has 5 rings (SSSR count). The van der Waals surface area contributed by atoms with Crippen molar-refractivity contribution in [1.82, 2.24) is 0 Å². The van der Waals surface area contributed by atoms with Crippen LogP contribution in [0.15, 0.2) is 113 Å². The van der Waals surface area contributed by atoms with Crippen LogP contribution in [0, 0.1) is 17.0 Å². The second-order valence-corrected chi connectivity index (χ2v) is 16.1. The number of nitrogens with zero attached hydrogens (tertiary/aromatic N) is 3. The predicted octanol–water partition coefficient (Wildman–Crippen LogP) is 8.50. The lowest BCUT2D eigenvalue weighted by Gasteiger charge is -2.28. The number of furan rings is 1. The van der Waals surface area contributed by atoms with Gasteiger partial charge in [-0.1, -0.05) is 32.0 Å². The summed E-state index contributed by atoms with van der Waals surface area (Å²) in [5, 5.41) is 11.2. The molecule has 218 valence electrons. The van der Waals surface area contributed by atoms with E-state index in [9.17, 15) is 18.5 Å². The number of hydrogen-bond acceptors (Lipinski definition) is 7. The molecular formula is C29H26Br2N3O6PS. The van der Waals surface area contributed by atoms with E-state index in [0.29, 0.717) is 16.0 Å². The van der Waals surface area contributed by atoms with Crippen molar-refractivity contribution in [2.24, 2.45) is 4.15 Å². The largest absolute Gasteiger partial charge is 0.456 e. The summed E-state index contributed by atoms with van der Waals surface area (Å²) in [6, 6.07) is 21.2. The average molecular weight is 735 g/mol. The fourth-order valence-electron chi connectivity index (χ4n) is 4.85. The number of benzene rings is 3. The number of fused-ring (bicyclic) bond motifs is 1. The highest BCUT2D eigenvalue weighted by Crippen LogP contribution is 2.58. The van der Waals surface area contributed by atoms with Gasteiger partial charge in [0, 0.05) is 50.7 Å². The fraction of sp³-hybridized carbons (Fsp3) is 0.172. The van der Waals surface area contributed by atoms with Crippen LogP contribution < -0.4 is 14.9 Å². The van der Waals surface area contributed by atoms with Gasteiger partial charge in [0.25, 0.3) is 15.7 Å². The molecule has 9 nitrogen and oxygen atoms in total. The molecule has 3 aromatic carbocycles. The summed E-state index contributed by atoms with van der Waals surface area (Å²) < 4.78 is 46.7. The highest BCUT2D eigenvalue weighted by Gasteiger charge is 2.42. The second kappa shape index (κ2) is 11.1. The van der Waals surface area contributed by atoms with Gasteiger partial charge in [-0.3, -0.25) is 10.1 Å². The van der Waals surface area contributed by atoms with Crippen LogP contribution in [-0.2, 0) is 15.4 Å². The number of non-ortho nitro benzene ring substituents is 1. The van der Waals surface area contributed by atoms with Crippen molar-refractivity contribution in [1.29, 1.82) is 0 Å². The average Bonchev–Trinajstić information content (AvgIpc) is 3.46. The third-order valence-electron chi connectivity index (χ3n) is 6.99. The molecule has 0 bridgehead atoms. The maximum Gasteiger partial charge on any atom is 0.284 e. The molecule has 0 spiro atoms. The minimum Gasteiger partial charge on any atom is -0.456 e. The monoisotopic (exact) mass is 733 g/mol. The number of sulfonamides is 1. The van der Waals surface area contributed by atoms with Crippen molar-refractivity contribution in [2.45, 2.75) is 31.1 Å². The molecule has 4 aromatic rings. The number of rotatable bonds is 7. The first-order valence-electron chi connectivity index (χ1n) is 12.6. The van der Waals surface area contributed by atoms with Crippen molar-refractivity contribution in [3.63, 3.8) is 0 Å². The summed E-state index contributed by atoms with van der Waals surface area (Å²) >= 11 is 6.97. The molecule has 0 fully saturated rings. The highest BCUT2D eigenvalue weighted by atomic mass is 79.9. The molecule has 1 aliphatic rings. The maximum atomic E-state index is 14.0. The van der Waals surface area contributed by atoms with Crippen LogP contribution >= 0.6 is 39.1 Å². The summed E-state index contributed by atoms with van der Waals surface area (Å²) in [7, 11) is -6.20. The number of para-hydroxylation sites is 1. The van der Waals surface area contributed by atoms with Gasteiger partial charge < -0.3 is 13.8 Å². The Hall–Kier alpha value is -3.18. The van der Waals surface area contributed by atoms with Gasteiger partial charge in [-0.15, -0.1) is 4.15 Å². The van der Waals surface area contributed by atoms with E-state index in [2.05, 4.69) is 49.9 Å². The van der Waals surface area contributed by atoms with Gasteiger partial charge in [-0.2, -0.15) is 8.42 Å². The second-order valence-electron chi connectivity index (χ2n) is 10.2. The van der Waals surface area contributed by atoms with Crippen LogP contribution in [-0.4, -0.2) is 20.4 Å². The Bertz CT molecular complexity index is 1900. The standard InChI is InChI=1S/C29H26Br2N3O6PS/c1-19-9-16-28(39-19)41(40-21-12-15-24(30)25(31)17-21,32-42(37,38)22-13-10-20(11-14-22)34(35)36)18-27-29(2,3)23-7-5-6-8-26(23)33(27)4/h5-18H,1-4H3. The summed E-state index contributed by atoms with van der Waals surface area (Å²) in [6.45, 7) is 5.88. The normalized spacial score (nSPS) is 16.6. The molecule has 0 amide bonds. The molecule has 1 unspecified atom stereocenters. The van der Waals surface area contributed by atoms with E-state index in [1.54, 1.807) is 43.1 Å². The third-order valence-corrected chi connectivity index (χ3v) is 13.5. The van der Waals surface area contributed by atoms with Gasteiger partial charge in [0.15, 0.2) is 5.50 Å². The maximum absolute atomic E-state index is 14.0. The van der Waals surface area contributed by atoms with E-state index in [1.165, 1.54) is 12.1 Å². The molecule has 0 saturated carbocycles. The Morgan fingerprint density at radius 2 is 1.71 bits per heavy atom. The van der Waals surface area contributed by atoms with Crippen LogP contribution in [0.4, 0.5) is 11.4 Å². The predicted molar refractivity (Wildman–Crippen MR) is 171 cm³/mol. The lowest BCUT2D eigenvalue weighted by Crippen LogP contribution is -2.24. The first-order valence-corrected chi connectivity index (χ1v) is 17.4. The zero-order valence-electron chi connectivity index (χ0n) is 23.0. The van der Waals surface area contributed by atoms with E-state index in [4.69, 9.17) is 8.94 Å². The molecule has 0 radical (unpaired) electrons. The van der Waals surface area contributed by atoms with E-state index < -0.39 is 27.6 Å². The first kappa shape index (κ1) is 30.3. The van der Waals surface area contributed by atoms with Crippen LogP contribution in [0.1, 0.15) is 25.2 Å². The summed E-state index contributed by atoms with van der Waals surface area (Å²) in [4.78, 5) is 12.4. The van der Waals surface area contributed by atoms with E-state index in [1.807, 2.05) is 36.2 Å². The van der Waals surface area contributed by atoms with Gasteiger partial charge in [0.2, 0.25) is 7.28 Å². The summed E-state index contributed by atoms with van der Waals surface area (Å²) in [5.74, 6) is 2.70. The zero-order valence-corrected chi connectivity index (χ0v) is 27.9. The quantitative estimate of drug-likeness (QED) is 0.106. The third kappa shape index (κ3) is 5.60.